The summed E-state index contributed by atoms with van der Waals surface area (Å²) in [6.07, 6.45) is 0.461. The third-order valence-corrected chi connectivity index (χ3v) is 5.19. The van der Waals surface area contributed by atoms with Gasteiger partial charge in [-0.05, 0) is 44.2 Å². The Morgan fingerprint density at radius 1 is 1.25 bits per heavy atom. The van der Waals surface area contributed by atoms with Crippen LogP contribution in [0.25, 0.3) is 11.0 Å². The molecule has 8 nitrogen and oxygen atoms in total. The van der Waals surface area contributed by atoms with Crippen LogP contribution in [0.4, 0.5) is 14.5 Å². The van der Waals surface area contributed by atoms with Gasteiger partial charge in [-0.25, -0.2) is 23.1 Å². The van der Waals surface area contributed by atoms with Crippen molar-refractivity contribution in [3.05, 3.63) is 64.1 Å². The summed E-state index contributed by atoms with van der Waals surface area (Å²) in [6, 6.07) is 8.72. The molecule has 3 aromatic heterocycles. The maximum Gasteiger partial charge on any atom is 0.264 e. The van der Waals surface area contributed by atoms with Gasteiger partial charge < -0.3 is 10.1 Å². The highest BCUT2D eigenvalue weighted by atomic mass is 79.9. The Morgan fingerprint density at radius 3 is 2.72 bits per heavy atom. The Balaban J connectivity index is 1.43. The normalized spacial score (nSPS) is 11.3. The number of rotatable bonds is 7. The first-order valence-electron chi connectivity index (χ1n) is 9.63. The topological polar surface area (TPSA) is 86.9 Å². The van der Waals surface area contributed by atoms with Crippen LogP contribution >= 0.6 is 15.9 Å². The van der Waals surface area contributed by atoms with Crippen LogP contribution in [0.5, 0.6) is 5.75 Å². The lowest BCUT2D eigenvalue weighted by atomic mass is 10.1. The van der Waals surface area contributed by atoms with Gasteiger partial charge in [-0.15, -0.1) is 0 Å². The van der Waals surface area contributed by atoms with E-state index >= 15 is 0 Å². The van der Waals surface area contributed by atoms with Crippen LogP contribution in [0.2, 0.25) is 0 Å². The Hall–Kier alpha value is -3.34. The molecule has 0 atom stereocenters. The Bertz CT molecular complexity index is 1270. The molecule has 1 N–H and O–H groups in total. The summed E-state index contributed by atoms with van der Waals surface area (Å²) in [5, 5.41) is 11.4. The molecule has 0 aliphatic heterocycles. The number of benzene rings is 1. The number of aromatic nitrogens is 5. The van der Waals surface area contributed by atoms with Crippen LogP contribution in [0, 0.1) is 13.8 Å². The summed E-state index contributed by atoms with van der Waals surface area (Å²) in [5.41, 5.74) is 1.42. The molecular formula is C21H19BrF2N6O2. The molecular weight excluding hydrogens is 486 g/mol. The lowest BCUT2D eigenvalue weighted by molar-refractivity contribution is -0.116. The molecule has 0 unspecified atom stereocenters. The summed E-state index contributed by atoms with van der Waals surface area (Å²) < 4.78 is 36.3. The third-order valence-electron chi connectivity index (χ3n) is 4.66. The molecule has 0 saturated heterocycles. The van der Waals surface area contributed by atoms with E-state index in [1.165, 1.54) is 21.6 Å². The van der Waals surface area contributed by atoms with Gasteiger partial charge in [0.1, 0.15) is 12.3 Å². The lowest BCUT2D eigenvalue weighted by Gasteiger charge is -2.07. The summed E-state index contributed by atoms with van der Waals surface area (Å²) in [5.74, 6) is 0.297. The van der Waals surface area contributed by atoms with E-state index < -0.39 is 6.43 Å². The molecule has 4 rings (SSSR count). The van der Waals surface area contributed by atoms with Gasteiger partial charge in [0.05, 0.1) is 29.2 Å². The van der Waals surface area contributed by atoms with Crippen LogP contribution in [0.1, 0.15) is 23.4 Å². The zero-order valence-electron chi connectivity index (χ0n) is 17.2. The minimum absolute atomic E-state index is 0.135. The van der Waals surface area contributed by atoms with Crippen molar-refractivity contribution >= 4 is 38.6 Å². The summed E-state index contributed by atoms with van der Waals surface area (Å²) >= 11 is 3.36. The molecule has 0 radical (unpaired) electrons. The molecule has 4 aromatic rings. The van der Waals surface area contributed by atoms with Crippen molar-refractivity contribution < 1.29 is 18.3 Å². The molecule has 0 aliphatic carbocycles. The van der Waals surface area contributed by atoms with Crippen molar-refractivity contribution in [1.29, 1.82) is 0 Å². The van der Waals surface area contributed by atoms with E-state index in [-0.39, 0.29) is 35.8 Å². The van der Waals surface area contributed by atoms with E-state index in [1.54, 1.807) is 20.0 Å². The van der Waals surface area contributed by atoms with Gasteiger partial charge in [-0.3, -0.25) is 4.79 Å². The van der Waals surface area contributed by atoms with Gasteiger partial charge in [0.15, 0.2) is 12.4 Å². The fraction of sp³-hybridized carbons (Fsp3) is 0.238. The number of halogens is 3. The number of carbonyl (C=O) groups is 1. The van der Waals surface area contributed by atoms with Gasteiger partial charge in [0.25, 0.3) is 6.43 Å². The van der Waals surface area contributed by atoms with Gasteiger partial charge in [-0.2, -0.15) is 10.2 Å². The van der Waals surface area contributed by atoms with Gasteiger partial charge in [-0.1, -0.05) is 15.9 Å². The van der Waals surface area contributed by atoms with Crippen molar-refractivity contribution in [3.8, 4) is 5.75 Å². The highest BCUT2D eigenvalue weighted by molar-refractivity contribution is 9.10. The molecule has 0 fully saturated rings. The van der Waals surface area contributed by atoms with Crippen molar-refractivity contribution in [2.45, 2.75) is 33.5 Å². The number of aryl methyl sites for hydroxylation is 2. The fourth-order valence-electron chi connectivity index (χ4n) is 3.31. The SMILES string of the molecule is Cc1cc(C(F)F)c2c(C)nn(CC(=O)Nc3cnn(COc4ccc(Br)cc4)c3)c2n1. The van der Waals surface area contributed by atoms with Crippen molar-refractivity contribution in [2.75, 3.05) is 5.32 Å². The second kappa shape index (κ2) is 9.03. The number of ether oxygens (including phenoxy) is 1. The number of carbonyl (C=O) groups excluding carboxylic acids is 1. The second-order valence-corrected chi connectivity index (χ2v) is 8.05. The first kappa shape index (κ1) is 21.9. The number of anilines is 1. The van der Waals surface area contributed by atoms with Crippen molar-refractivity contribution in [2.24, 2.45) is 0 Å². The average Bonchev–Trinajstić information content (AvgIpc) is 3.31. The standard InChI is InChI=1S/C21H19BrF2N6O2/c1-12-7-17(20(23)24)19-13(2)28-30(21(19)26-12)10-18(31)27-15-8-25-29(9-15)11-32-16-5-3-14(22)4-6-16/h3-9,20H,10-11H2,1-2H3,(H,27,31). The maximum atomic E-state index is 13.4. The summed E-state index contributed by atoms with van der Waals surface area (Å²) in [6.45, 7) is 3.24. The minimum atomic E-state index is -2.66. The predicted molar refractivity (Wildman–Crippen MR) is 118 cm³/mol. The monoisotopic (exact) mass is 504 g/mol. The predicted octanol–water partition coefficient (Wildman–Crippen LogP) is 4.62. The second-order valence-electron chi connectivity index (χ2n) is 7.14. The minimum Gasteiger partial charge on any atom is -0.471 e. The van der Waals surface area contributed by atoms with E-state index in [9.17, 15) is 13.6 Å². The Kier molecular flexibility index (Phi) is 6.17. The third kappa shape index (κ3) is 4.77. The van der Waals surface area contributed by atoms with E-state index in [0.29, 0.717) is 22.8 Å². The zero-order chi connectivity index (χ0) is 22.8. The number of pyridine rings is 1. The average molecular weight is 505 g/mol. The number of nitrogens with zero attached hydrogens (tertiary/aromatic N) is 5. The highest BCUT2D eigenvalue weighted by Crippen LogP contribution is 2.30. The summed E-state index contributed by atoms with van der Waals surface area (Å²) in [7, 11) is 0. The van der Waals surface area contributed by atoms with Crippen LogP contribution in [-0.4, -0.2) is 30.5 Å². The van der Waals surface area contributed by atoms with Crippen molar-refractivity contribution in [3.63, 3.8) is 0 Å². The highest BCUT2D eigenvalue weighted by Gasteiger charge is 2.20. The van der Waals surface area contributed by atoms with Crippen LogP contribution in [-0.2, 0) is 18.1 Å². The number of hydrogen-bond acceptors (Lipinski definition) is 5. The Labute approximate surface area is 190 Å². The van der Waals surface area contributed by atoms with Gasteiger partial charge in [0.2, 0.25) is 5.91 Å². The van der Waals surface area contributed by atoms with Gasteiger partial charge in [0, 0.05) is 15.7 Å². The largest absolute Gasteiger partial charge is 0.471 e. The van der Waals surface area contributed by atoms with Gasteiger partial charge >= 0.3 is 0 Å². The first-order valence-corrected chi connectivity index (χ1v) is 10.4. The van der Waals surface area contributed by atoms with Crippen molar-refractivity contribution in [1.82, 2.24) is 24.5 Å². The number of fused-ring (bicyclic) bond motifs is 1. The molecule has 0 aliphatic rings. The number of hydrogen-bond donors (Lipinski definition) is 1. The van der Waals surface area contributed by atoms with E-state index in [4.69, 9.17) is 4.74 Å². The molecule has 3 heterocycles. The fourth-order valence-corrected chi connectivity index (χ4v) is 3.57. The molecule has 166 valence electrons. The molecule has 1 aromatic carbocycles. The summed E-state index contributed by atoms with van der Waals surface area (Å²) in [4.78, 5) is 16.9. The van der Waals surface area contributed by atoms with Crippen LogP contribution in [0.15, 0.2) is 47.2 Å². The molecule has 0 spiro atoms. The Morgan fingerprint density at radius 2 is 2.00 bits per heavy atom. The maximum absolute atomic E-state index is 13.4. The smallest absolute Gasteiger partial charge is 0.264 e. The molecule has 32 heavy (non-hydrogen) atoms. The number of nitrogens with one attached hydrogen (secondary N) is 1. The van der Waals surface area contributed by atoms with E-state index in [2.05, 4.69) is 36.4 Å². The molecule has 0 bridgehead atoms. The molecule has 1 amide bonds. The van der Waals surface area contributed by atoms with Crippen LogP contribution < -0.4 is 10.1 Å². The first-order chi connectivity index (χ1) is 15.3. The zero-order valence-corrected chi connectivity index (χ0v) is 18.8. The lowest BCUT2D eigenvalue weighted by Crippen LogP contribution is -2.19. The quantitative estimate of drug-likeness (QED) is 0.396. The number of amides is 1. The number of alkyl halides is 2. The van der Waals surface area contributed by atoms with E-state index in [1.807, 2.05) is 24.3 Å². The molecule has 11 heteroatoms. The van der Waals surface area contributed by atoms with Crippen LogP contribution in [0.3, 0.4) is 0 Å². The molecule has 0 saturated carbocycles. The van der Waals surface area contributed by atoms with E-state index in [0.717, 1.165) is 4.47 Å².